The number of hydrogen-bond donors (Lipinski definition) is 1. The van der Waals surface area contributed by atoms with Crippen molar-refractivity contribution in [3.05, 3.63) is 65.2 Å². The van der Waals surface area contributed by atoms with Crippen LogP contribution in [-0.2, 0) is 20.7 Å². The highest BCUT2D eigenvalue weighted by Crippen LogP contribution is 2.15. The topological polar surface area (TPSA) is 82.4 Å². The molecule has 0 heterocycles. The fourth-order valence-electron chi connectivity index (χ4n) is 2.45. The Morgan fingerprint density at radius 1 is 1.18 bits per heavy atom. The van der Waals surface area contributed by atoms with E-state index in [2.05, 4.69) is 5.32 Å². The highest BCUT2D eigenvalue weighted by Gasteiger charge is 2.13. The third-order valence-electron chi connectivity index (χ3n) is 4.01. The molecule has 0 radical (unpaired) electrons. The van der Waals surface area contributed by atoms with Gasteiger partial charge in [-0.2, -0.15) is 5.26 Å². The van der Waals surface area contributed by atoms with Crippen LogP contribution in [0.25, 0.3) is 6.08 Å². The van der Waals surface area contributed by atoms with Crippen molar-refractivity contribution in [1.82, 2.24) is 0 Å². The zero-order valence-electron chi connectivity index (χ0n) is 16.2. The maximum absolute atomic E-state index is 12.1. The molecular formula is C22H23N3O3. The summed E-state index contributed by atoms with van der Waals surface area (Å²) in [6.45, 7) is 1.56. The van der Waals surface area contributed by atoms with Crippen molar-refractivity contribution in [3.8, 4) is 6.07 Å². The van der Waals surface area contributed by atoms with Gasteiger partial charge in [0.15, 0.2) is 6.61 Å². The van der Waals surface area contributed by atoms with Crippen LogP contribution < -0.4 is 10.2 Å². The third kappa shape index (κ3) is 5.99. The van der Waals surface area contributed by atoms with E-state index in [4.69, 9.17) is 4.74 Å². The van der Waals surface area contributed by atoms with Gasteiger partial charge >= 0.3 is 5.97 Å². The molecule has 0 saturated heterocycles. The van der Waals surface area contributed by atoms with Crippen molar-refractivity contribution in [2.75, 3.05) is 30.9 Å². The van der Waals surface area contributed by atoms with Crippen LogP contribution in [0.4, 0.5) is 11.4 Å². The van der Waals surface area contributed by atoms with E-state index in [-0.39, 0.29) is 5.57 Å². The lowest BCUT2D eigenvalue weighted by molar-refractivity contribution is -0.142. The molecule has 28 heavy (non-hydrogen) atoms. The SMILES string of the molecule is CCc1cccc(NC(=O)COC(=O)/C(C#N)=C/c2ccc(N(C)C)cc2)c1. The molecule has 0 aliphatic carbocycles. The molecule has 1 amide bonds. The number of amides is 1. The second kappa shape index (κ2) is 9.93. The predicted molar refractivity (Wildman–Crippen MR) is 110 cm³/mol. The van der Waals surface area contributed by atoms with E-state index < -0.39 is 18.5 Å². The van der Waals surface area contributed by atoms with Crippen molar-refractivity contribution in [2.24, 2.45) is 0 Å². The number of esters is 1. The molecular weight excluding hydrogens is 354 g/mol. The molecule has 0 atom stereocenters. The van der Waals surface area contributed by atoms with E-state index in [0.29, 0.717) is 11.3 Å². The van der Waals surface area contributed by atoms with Gasteiger partial charge < -0.3 is 15.0 Å². The standard InChI is InChI=1S/C22H23N3O3/c1-4-16-6-5-7-19(13-16)24-21(26)15-28-22(27)18(14-23)12-17-8-10-20(11-9-17)25(2)3/h5-13H,4,15H2,1-3H3,(H,24,26)/b18-12+. The zero-order chi connectivity index (χ0) is 20.5. The average molecular weight is 377 g/mol. The Hall–Kier alpha value is -3.59. The van der Waals surface area contributed by atoms with Gasteiger partial charge in [-0.1, -0.05) is 31.2 Å². The number of hydrogen-bond acceptors (Lipinski definition) is 5. The molecule has 2 aromatic carbocycles. The largest absolute Gasteiger partial charge is 0.451 e. The number of nitriles is 1. The lowest BCUT2D eigenvalue weighted by atomic mass is 10.1. The highest BCUT2D eigenvalue weighted by molar-refractivity contribution is 6.00. The first kappa shape index (κ1) is 20.7. The molecule has 0 aliphatic heterocycles. The van der Waals surface area contributed by atoms with Crippen molar-refractivity contribution >= 4 is 29.3 Å². The van der Waals surface area contributed by atoms with Crippen LogP contribution in [0.3, 0.4) is 0 Å². The monoisotopic (exact) mass is 377 g/mol. The summed E-state index contributed by atoms with van der Waals surface area (Å²) in [5, 5.41) is 11.9. The lowest BCUT2D eigenvalue weighted by Gasteiger charge is -2.11. The minimum absolute atomic E-state index is 0.168. The quantitative estimate of drug-likeness (QED) is 0.454. The summed E-state index contributed by atoms with van der Waals surface area (Å²) in [7, 11) is 3.85. The predicted octanol–water partition coefficient (Wildman–Crippen LogP) is 3.40. The third-order valence-corrected chi connectivity index (χ3v) is 4.01. The van der Waals surface area contributed by atoms with Crippen molar-refractivity contribution in [2.45, 2.75) is 13.3 Å². The average Bonchev–Trinajstić information content (AvgIpc) is 2.70. The van der Waals surface area contributed by atoms with Gasteiger partial charge in [0, 0.05) is 25.5 Å². The summed E-state index contributed by atoms with van der Waals surface area (Å²) in [5.74, 6) is -1.30. The Labute approximate surface area is 165 Å². The maximum Gasteiger partial charge on any atom is 0.349 e. The van der Waals surface area contributed by atoms with Crippen molar-refractivity contribution in [1.29, 1.82) is 5.26 Å². The zero-order valence-corrected chi connectivity index (χ0v) is 16.2. The molecule has 0 saturated carbocycles. The fraction of sp³-hybridized carbons (Fsp3) is 0.227. The number of ether oxygens (including phenoxy) is 1. The second-order valence-electron chi connectivity index (χ2n) is 6.33. The molecule has 2 rings (SSSR count). The summed E-state index contributed by atoms with van der Waals surface area (Å²) in [4.78, 5) is 26.0. The first-order chi connectivity index (χ1) is 13.4. The van der Waals surface area contributed by atoms with E-state index in [0.717, 1.165) is 17.7 Å². The van der Waals surface area contributed by atoms with Crippen LogP contribution in [0.2, 0.25) is 0 Å². The molecule has 2 aromatic rings. The number of aryl methyl sites for hydroxylation is 1. The van der Waals surface area contributed by atoms with E-state index >= 15 is 0 Å². The highest BCUT2D eigenvalue weighted by atomic mass is 16.5. The second-order valence-corrected chi connectivity index (χ2v) is 6.33. The Bertz CT molecular complexity index is 909. The summed E-state index contributed by atoms with van der Waals surface area (Å²) in [6.07, 6.45) is 2.29. The minimum Gasteiger partial charge on any atom is -0.451 e. The summed E-state index contributed by atoms with van der Waals surface area (Å²) < 4.78 is 4.97. The van der Waals surface area contributed by atoms with Gasteiger partial charge in [0.2, 0.25) is 0 Å². The van der Waals surface area contributed by atoms with Gasteiger partial charge in [-0.15, -0.1) is 0 Å². The summed E-state index contributed by atoms with van der Waals surface area (Å²) in [6, 6.07) is 16.6. The molecule has 6 nitrogen and oxygen atoms in total. The first-order valence-electron chi connectivity index (χ1n) is 8.88. The molecule has 0 aromatic heterocycles. The Morgan fingerprint density at radius 3 is 2.50 bits per heavy atom. The lowest BCUT2D eigenvalue weighted by Crippen LogP contribution is -2.21. The number of nitrogens with one attached hydrogen (secondary N) is 1. The first-order valence-corrected chi connectivity index (χ1v) is 8.88. The van der Waals surface area contributed by atoms with Gasteiger partial charge in [-0.05, 0) is 47.9 Å². The molecule has 0 unspecified atom stereocenters. The van der Waals surface area contributed by atoms with E-state index in [9.17, 15) is 14.9 Å². The normalized spacial score (nSPS) is 10.7. The number of carbonyl (C=O) groups is 2. The molecule has 0 bridgehead atoms. The summed E-state index contributed by atoms with van der Waals surface area (Å²) >= 11 is 0. The van der Waals surface area contributed by atoms with Gasteiger partial charge in [-0.25, -0.2) is 4.79 Å². The molecule has 0 aliphatic rings. The number of carbonyl (C=O) groups excluding carboxylic acids is 2. The smallest absolute Gasteiger partial charge is 0.349 e. The van der Waals surface area contributed by atoms with Gasteiger partial charge in [0.1, 0.15) is 11.6 Å². The Kier molecular flexibility index (Phi) is 7.35. The van der Waals surface area contributed by atoms with Crippen LogP contribution in [0.5, 0.6) is 0 Å². The van der Waals surface area contributed by atoms with Crippen LogP contribution >= 0.6 is 0 Å². The Morgan fingerprint density at radius 2 is 1.89 bits per heavy atom. The van der Waals surface area contributed by atoms with Crippen LogP contribution in [0.15, 0.2) is 54.1 Å². The van der Waals surface area contributed by atoms with Gasteiger partial charge in [0.05, 0.1) is 0 Å². The fourth-order valence-corrected chi connectivity index (χ4v) is 2.45. The van der Waals surface area contributed by atoms with Crippen molar-refractivity contribution < 1.29 is 14.3 Å². The van der Waals surface area contributed by atoms with E-state index in [1.807, 2.05) is 62.3 Å². The van der Waals surface area contributed by atoms with Gasteiger partial charge in [0.25, 0.3) is 5.91 Å². The van der Waals surface area contributed by atoms with E-state index in [1.54, 1.807) is 18.2 Å². The maximum atomic E-state index is 12.1. The molecule has 0 spiro atoms. The number of anilines is 2. The number of benzene rings is 2. The molecule has 1 N–H and O–H groups in total. The van der Waals surface area contributed by atoms with Gasteiger partial charge in [-0.3, -0.25) is 4.79 Å². The van der Waals surface area contributed by atoms with Crippen LogP contribution in [0.1, 0.15) is 18.1 Å². The molecule has 6 heteroatoms. The number of rotatable bonds is 7. The molecule has 0 fully saturated rings. The minimum atomic E-state index is -0.836. The Balaban J connectivity index is 1.95. The summed E-state index contributed by atoms with van der Waals surface area (Å²) in [5.41, 5.74) is 3.25. The van der Waals surface area contributed by atoms with Crippen LogP contribution in [0, 0.1) is 11.3 Å². The van der Waals surface area contributed by atoms with Crippen LogP contribution in [-0.4, -0.2) is 32.6 Å². The molecule has 144 valence electrons. The van der Waals surface area contributed by atoms with Crippen molar-refractivity contribution in [3.63, 3.8) is 0 Å². The number of nitrogens with zero attached hydrogens (tertiary/aromatic N) is 2. The van der Waals surface area contributed by atoms with E-state index in [1.165, 1.54) is 6.08 Å².